The van der Waals surface area contributed by atoms with Crippen LogP contribution in [-0.4, -0.2) is 43.9 Å². The summed E-state index contributed by atoms with van der Waals surface area (Å²) in [6.07, 6.45) is 0.968. The molecule has 0 saturated carbocycles. The van der Waals surface area contributed by atoms with Crippen LogP contribution in [0.2, 0.25) is 0 Å². The number of benzene rings is 1. The van der Waals surface area contributed by atoms with Gasteiger partial charge in [0, 0.05) is 12.1 Å². The summed E-state index contributed by atoms with van der Waals surface area (Å²) in [4.78, 5) is 41.5. The van der Waals surface area contributed by atoms with E-state index in [0.29, 0.717) is 18.5 Å². The van der Waals surface area contributed by atoms with Gasteiger partial charge in [0.1, 0.15) is 18.8 Å². The molecule has 1 heterocycles. The standard InChI is InChI=1S/C22H30N6O6S/c1-4-6-19(29)25-22(23)26-34-12-11-24-20(30)14-28-16(3)9-10-18(21(28)31)27-35(32,33)17-8-5-7-15(2)13-17/h5,7-10,13,27H,4,6,11-12,14H2,1-3H3,(H,24,30)(H3,23,25,26,29). The molecule has 0 bridgehead atoms. The van der Waals surface area contributed by atoms with E-state index in [9.17, 15) is 22.8 Å². The number of aryl methyl sites for hydroxylation is 2. The van der Waals surface area contributed by atoms with Gasteiger partial charge in [0.2, 0.25) is 17.8 Å². The van der Waals surface area contributed by atoms with Crippen LogP contribution in [0.3, 0.4) is 0 Å². The molecule has 2 rings (SSSR count). The number of rotatable bonds is 11. The molecule has 2 amide bonds. The second-order valence-electron chi connectivity index (χ2n) is 7.66. The van der Waals surface area contributed by atoms with Gasteiger partial charge in [0.25, 0.3) is 15.6 Å². The van der Waals surface area contributed by atoms with Crippen LogP contribution in [0.5, 0.6) is 0 Å². The van der Waals surface area contributed by atoms with Crippen molar-refractivity contribution in [1.29, 1.82) is 0 Å². The fourth-order valence-electron chi connectivity index (χ4n) is 2.94. The minimum atomic E-state index is -3.98. The van der Waals surface area contributed by atoms with Crippen LogP contribution in [-0.2, 0) is 31.0 Å². The van der Waals surface area contributed by atoms with Crippen molar-refractivity contribution in [2.75, 3.05) is 17.9 Å². The summed E-state index contributed by atoms with van der Waals surface area (Å²) in [5.74, 6) is -0.970. The summed E-state index contributed by atoms with van der Waals surface area (Å²) in [7, 11) is -3.98. The van der Waals surface area contributed by atoms with E-state index in [0.717, 1.165) is 10.1 Å². The molecule has 0 fully saturated rings. The average Bonchev–Trinajstić information content (AvgIpc) is 2.78. The maximum absolute atomic E-state index is 12.9. The van der Waals surface area contributed by atoms with E-state index in [1.807, 2.05) is 6.92 Å². The van der Waals surface area contributed by atoms with Crippen molar-refractivity contribution in [1.82, 2.24) is 15.2 Å². The minimum Gasteiger partial charge on any atom is -0.391 e. The van der Waals surface area contributed by atoms with E-state index < -0.39 is 21.5 Å². The van der Waals surface area contributed by atoms with E-state index in [-0.39, 0.29) is 42.1 Å². The molecule has 0 aliphatic rings. The average molecular weight is 507 g/mol. The minimum absolute atomic E-state index is 0.0231. The number of aromatic nitrogens is 1. The van der Waals surface area contributed by atoms with E-state index in [1.54, 1.807) is 26.0 Å². The third-order valence-electron chi connectivity index (χ3n) is 4.66. The summed E-state index contributed by atoms with van der Waals surface area (Å²) in [6.45, 7) is 4.94. The van der Waals surface area contributed by atoms with Gasteiger partial charge in [-0.15, -0.1) is 0 Å². The van der Waals surface area contributed by atoms with E-state index >= 15 is 0 Å². The number of nitrogens with two attached hydrogens (primary N) is 1. The molecule has 2 aromatic rings. The normalized spacial score (nSPS) is 11.6. The number of nitrogens with zero attached hydrogens (tertiary/aromatic N) is 2. The molecule has 1 aromatic carbocycles. The number of oxime groups is 1. The SMILES string of the molecule is CCCC(=O)N/C(N)=N/OCCNC(=O)Cn1c(C)ccc(NS(=O)(=O)c2cccc(C)c2)c1=O. The third-order valence-corrected chi connectivity index (χ3v) is 6.02. The highest BCUT2D eigenvalue weighted by Crippen LogP contribution is 2.15. The maximum Gasteiger partial charge on any atom is 0.275 e. The number of sulfonamides is 1. The Labute approximate surface area is 203 Å². The first kappa shape index (κ1) is 27.4. The smallest absolute Gasteiger partial charge is 0.275 e. The van der Waals surface area contributed by atoms with Crippen molar-refractivity contribution >= 4 is 33.5 Å². The van der Waals surface area contributed by atoms with Gasteiger partial charge in [-0.05, 0) is 55.3 Å². The van der Waals surface area contributed by atoms with Crippen molar-refractivity contribution in [3.8, 4) is 0 Å². The van der Waals surface area contributed by atoms with Gasteiger partial charge in [-0.3, -0.25) is 24.4 Å². The highest BCUT2D eigenvalue weighted by molar-refractivity contribution is 7.92. The fraction of sp³-hybridized carbons (Fsp3) is 0.364. The molecule has 0 atom stereocenters. The lowest BCUT2D eigenvalue weighted by molar-refractivity contribution is -0.122. The van der Waals surface area contributed by atoms with Gasteiger partial charge in [-0.25, -0.2) is 8.42 Å². The first-order valence-electron chi connectivity index (χ1n) is 10.9. The molecule has 0 aliphatic carbocycles. The van der Waals surface area contributed by atoms with Crippen molar-refractivity contribution in [2.45, 2.75) is 45.1 Å². The zero-order valence-electron chi connectivity index (χ0n) is 19.8. The highest BCUT2D eigenvalue weighted by atomic mass is 32.2. The molecule has 12 nitrogen and oxygen atoms in total. The van der Waals surface area contributed by atoms with Gasteiger partial charge in [0.05, 0.1) is 11.4 Å². The summed E-state index contributed by atoms with van der Waals surface area (Å²) < 4.78 is 28.8. The number of hydrogen-bond donors (Lipinski definition) is 4. The Morgan fingerprint density at radius 1 is 1.14 bits per heavy atom. The van der Waals surface area contributed by atoms with Crippen molar-refractivity contribution in [2.24, 2.45) is 10.9 Å². The zero-order valence-corrected chi connectivity index (χ0v) is 20.6. The summed E-state index contributed by atoms with van der Waals surface area (Å²) in [6, 6.07) is 9.17. The number of carbonyl (C=O) groups is 2. The van der Waals surface area contributed by atoms with Gasteiger partial charge in [-0.1, -0.05) is 19.1 Å². The molecule has 0 aliphatic heterocycles. The van der Waals surface area contributed by atoms with E-state index in [2.05, 4.69) is 20.5 Å². The Morgan fingerprint density at radius 3 is 2.57 bits per heavy atom. The maximum atomic E-state index is 12.9. The highest BCUT2D eigenvalue weighted by Gasteiger charge is 2.18. The van der Waals surface area contributed by atoms with Gasteiger partial charge < -0.3 is 20.5 Å². The topological polar surface area (TPSA) is 174 Å². The fourth-order valence-corrected chi connectivity index (χ4v) is 4.10. The predicted octanol–water partition coefficient (Wildman–Crippen LogP) is 0.545. The molecular formula is C22H30N6O6S. The summed E-state index contributed by atoms with van der Waals surface area (Å²) >= 11 is 0. The first-order valence-corrected chi connectivity index (χ1v) is 12.3. The Kier molecular flexibility index (Phi) is 9.82. The molecule has 1 aromatic heterocycles. The molecule has 0 radical (unpaired) electrons. The summed E-state index contributed by atoms with van der Waals surface area (Å²) in [5.41, 5.74) is 5.89. The second-order valence-corrected chi connectivity index (χ2v) is 9.34. The molecule has 5 N–H and O–H groups in total. The number of guanidine groups is 1. The first-order chi connectivity index (χ1) is 16.5. The molecule has 0 spiro atoms. The Balaban J connectivity index is 1.96. The van der Waals surface area contributed by atoms with Crippen LogP contribution < -0.4 is 26.6 Å². The Bertz CT molecular complexity index is 1260. The van der Waals surface area contributed by atoms with Gasteiger partial charge in [-0.2, -0.15) is 0 Å². The van der Waals surface area contributed by atoms with E-state index in [4.69, 9.17) is 10.6 Å². The van der Waals surface area contributed by atoms with Crippen molar-refractivity contribution < 1.29 is 22.8 Å². The zero-order chi connectivity index (χ0) is 26.0. The molecular weight excluding hydrogens is 476 g/mol. The molecule has 35 heavy (non-hydrogen) atoms. The molecule has 13 heteroatoms. The Hall–Kier alpha value is -3.87. The lowest BCUT2D eigenvalue weighted by Gasteiger charge is -2.13. The molecule has 190 valence electrons. The van der Waals surface area contributed by atoms with Crippen LogP contribution in [0.25, 0.3) is 0 Å². The van der Waals surface area contributed by atoms with Crippen LogP contribution >= 0.6 is 0 Å². The van der Waals surface area contributed by atoms with Gasteiger partial charge >= 0.3 is 0 Å². The quantitative estimate of drug-likeness (QED) is 0.149. The number of anilines is 1. The van der Waals surface area contributed by atoms with Crippen LogP contribution in [0.15, 0.2) is 51.2 Å². The number of nitrogens with one attached hydrogen (secondary N) is 3. The van der Waals surface area contributed by atoms with E-state index in [1.165, 1.54) is 24.3 Å². The Morgan fingerprint density at radius 2 is 1.89 bits per heavy atom. The van der Waals surface area contributed by atoms with Crippen LogP contribution in [0.4, 0.5) is 5.69 Å². The lowest BCUT2D eigenvalue weighted by Crippen LogP contribution is -2.37. The van der Waals surface area contributed by atoms with Gasteiger partial charge in [0.15, 0.2) is 0 Å². The van der Waals surface area contributed by atoms with Crippen LogP contribution in [0, 0.1) is 13.8 Å². The third kappa shape index (κ3) is 8.45. The molecule has 0 unspecified atom stereocenters. The summed E-state index contributed by atoms with van der Waals surface area (Å²) in [5, 5.41) is 8.43. The monoisotopic (exact) mass is 506 g/mol. The van der Waals surface area contributed by atoms with Crippen molar-refractivity contribution in [3.05, 3.63) is 58.0 Å². The van der Waals surface area contributed by atoms with Crippen LogP contribution in [0.1, 0.15) is 31.0 Å². The number of carbonyl (C=O) groups excluding carboxylic acids is 2. The predicted molar refractivity (Wildman–Crippen MR) is 131 cm³/mol. The number of hydrogen-bond acceptors (Lipinski definition) is 7. The second kappa shape index (κ2) is 12.6. The molecule has 0 saturated heterocycles. The number of pyridine rings is 1. The number of amides is 2. The lowest BCUT2D eigenvalue weighted by atomic mass is 10.2. The largest absolute Gasteiger partial charge is 0.391 e. The van der Waals surface area contributed by atoms with Crippen molar-refractivity contribution in [3.63, 3.8) is 0 Å².